The first-order valence-corrected chi connectivity index (χ1v) is 4.52. The summed E-state index contributed by atoms with van der Waals surface area (Å²) in [6.07, 6.45) is -1.76. The van der Waals surface area contributed by atoms with Gasteiger partial charge in [0.15, 0.2) is 0 Å². The van der Waals surface area contributed by atoms with Gasteiger partial charge in [0.25, 0.3) is 0 Å². The van der Waals surface area contributed by atoms with Crippen molar-refractivity contribution in [1.82, 2.24) is 9.97 Å². The Morgan fingerprint density at radius 2 is 1.75 bits per heavy atom. The number of hydrogen-bond acceptors (Lipinski definition) is 2. The summed E-state index contributed by atoms with van der Waals surface area (Å²) in [7, 11) is 0. The van der Waals surface area contributed by atoms with Gasteiger partial charge in [-0.2, -0.15) is 13.2 Å². The zero-order valence-corrected chi connectivity index (χ0v) is 8.07. The Hall–Kier alpha value is -1.91. The van der Waals surface area contributed by atoms with E-state index >= 15 is 0 Å². The summed E-state index contributed by atoms with van der Waals surface area (Å²) in [5, 5.41) is 0. The van der Waals surface area contributed by atoms with Gasteiger partial charge in [0.1, 0.15) is 5.69 Å². The Morgan fingerprint density at radius 1 is 0.938 bits per heavy atom. The third-order valence-electron chi connectivity index (χ3n) is 2.01. The largest absolute Gasteiger partial charge is 0.433 e. The average Bonchev–Trinajstić information content (AvgIpc) is 2.29. The maximum Gasteiger partial charge on any atom is 0.433 e. The van der Waals surface area contributed by atoms with Crippen LogP contribution in [0.2, 0.25) is 0 Å². The van der Waals surface area contributed by atoms with Crippen LogP contribution in [0.3, 0.4) is 0 Å². The molecule has 0 aliphatic carbocycles. The third kappa shape index (κ3) is 2.18. The molecule has 0 amide bonds. The van der Waals surface area contributed by atoms with Gasteiger partial charge in [0.2, 0.25) is 0 Å². The van der Waals surface area contributed by atoms with Crippen molar-refractivity contribution in [2.24, 2.45) is 0 Å². The number of halogens is 3. The second kappa shape index (κ2) is 3.92. The van der Waals surface area contributed by atoms with E-state index in [4.69, 9.17) is 0 Å². The molecule has 2 aromatic rings. The molecule has 0 aromatic carbocycles. The van der Waals surface area contributed by atoms with E-state index in [2.05, 4.69) is 9.97 Å². The van der Waals surface area contributed by atoms with E-state index in [1.807, 2.05) is 0 Å². The van der Waals surface area contributed by atoms with Crippen molar-refractivity contribution >= 4 is 0 Å². The van der Waals surface area contributed by atoms with E-state index < -0.39 is 11.9 Å². The topological polar surface area (TPSA) is 25.8 Å². The number of nitrogens with zero attached hydrogens (tertiary/aromatic N) is 2. The smallest absolute Gasteiger partial charge is 0.256 e. The number of pyridine rings is 2. The van der Waals surface area contributed by atoms with Gasteiger partial charge in [-0.15, -0.1) is 0 Å². The van der Waals surface area contributed by atoms with Gasteiger partial charge in [0, 0.05) is 18.0 Å². The first-order valence-electron chi connectivity index (χ1n) is 4.52. The number of aromatic nitrogens is 2. The molecule has 0 bridgehead atoms. The standard InChI is InChI=1S/C11H7F3N2/c12-11(13,14)10-7-8(4-6-16-10)9-3-1-2-5-15-9/h1-7H. The molecule has 0 unspecified atom stereocenters. The number of hydrogen-bond donors (Lipinski definition) is 0. The molecular formula is C11H7F3N2. The minimum Gasteiger partial charge on any atom is -0.256 e. The molecule has 0 saturated heterocycles. The van der Waals surface area contributed by atoms with Crippen molar-refractivity contribution in [2.45, 2.75) is 6.18 Å². The summed E-state index contributed by atoms with van der Waals surface area (Å²) in [5.74, 6) is 0. The molecule has 2 aromatic heterocycles. The van der Waals surface area contributed by atoms with Gasteiger partial charge >= 0.3 is 6.18 Å². The van der Waals surface area contributed by atoms with Gasteiger partial charge in [-0.1, -0.05) is 6.07 Å². The summed E-state index contributed by atoms with van der Waals surface area (Å²) in [5.41, 5.74) is -0.00558. The molecule has 0 saturated carbocycles. The molecule has 2 rings (SSSR count). The summed E-state index contributed by atoms with van der Waals surface area (Å²) in [4.78, 5) is 7.26. The highest BCUT2D eigenvalue weighted by molar-refractivity contribution is 5.58. The van der Waals surface area contributed by atoms with Crippen LogP contribution in [0.4, 0.5) is 13.2 Å². The lowest BCUT2D eigenvalue weighted by Crippen LogP contribution is -2.07. The predicted molar refractivity (Wildman–Crippen MR) is 52.5 cm³/mol. The van der Waals surface area contributed by atoms with Crippen molar-refractivity contribution in [3.63, 3.8) is 0 Å². The van der Waals surface area contributed by atoms with Crippen molar-refractivity contribution < 1.29 is 13.2 Å². The first-order chi connectivity index (χ1) is 7.57. The highest BCUT2D eigenvalue weighted by Crippen LogP contribution is 2.29. The SMILES string of the molecule is FC(F)(F)c1cc(-c2ccccn2)ccn1. The fourth-order valence-corrected chi connectivity index (χ4v) is 1.28. The predicted octanol–water partition coefficient (Wildman–Crippen LogP) is 3.16. The van der Waals surface area contributed by atoms with Crippen LogP contribution in [-0.2, 0) is 6.18 Å². The molecule has 0 spiro atoms. The van der Waals surface area contributed by atoms with Crippen molar-refractivity contribution in [3.05, 3.63) is 48.4 Å². The van der Waals surface area contributed by atoms with E-state index in [0.29, 0.717) is 11.3 Å². The van der Waals surface area contributed by atoms with Gasteiger partial charge in [0.05, 0.1) is 5.69 Å². The second-order valence-electron chi connectivity index (χ2n) is 3.14. The van der Waals surface area contributed by atoms with Crippen LogP contribution < -0.4 is 0 Å². The first kappa shape index (κ1) is 10.6. The van der Waals surface area contributed by atoms with E-state index in [0.717, 1.165) is 12.3 Å². The molecule has 2 nitrogen and oxygen atoms in total. The van der Waals surface area contributed by atoms with E-state index in [9.17, 15) is 13.2 Å². The fourth-order valence-electron chi connectivity index (χ4n) is 1.28. The monoisotopic (exact) mass is 224 g/mol. The van der Waals surface area contributed by atoms with Gasteiger partial charge in [-0.05, 0) is 24.3 Å². The Morgan fingerprint density at radius 3 is 2.38 bits per heavy atom. The van der Waals surface area contributed by atoms with Crippen LogP contribution in [0.25, 0.3) is 11.3 Å². The Labute approximate surface area is 89.8 Å². The molecule has 0 atom stereocenters. The highest BCUT2D eigenvalue weighted by Gasteiger charge is 2.32. The molecule has 0 aliphatic heterocycles. The van der Waals surface area contributed by atoms with Crippen molar-refractivity contribution in [1.29, 1.82) is 0 Å². The average molecular weight is 224 g/mol. The quantitative estimate of drug-likeness (QED) is 0.743. The highest BCUT2D eigenvalue weighted by atomic mass is 19.4. The number of rotatable bonds is 1. The summed E-state index contributed by atoms with van der Waals surface area (Å²) >= 11 is 0. The lowest BCUT2D eigenvalue weighted by Gasteiger charge is -2.06. The molecule has 0 N–H and O–H groups in total. The van der Waals surface area contributed by atoms with Gasteiger partial charge in [-0.3, -0.25) is 9.97 Å². The van der Waals surface area contributed by atoms with Crippen LogP contribution >= 0.6 is 0 Å². The molecule has 0 fully saturated rings. The Kier molecular flexibility index (Phi) is 2.60. The summed E-state index contributed by atoms with van der Waals surface area (Å²) in [6.45, 7) is 0. The number of alkyl halides is 3. The third-order valence-corrected chi connectivity index (χ3v) is 2.01. The molecule has 5 heteroatoms. The normalized spacial score (nSPS) is 11.4. The maximum atomic E-state index is 12.4. The summed E-state index contributed by atoms with van der Waals surface area (Å²) < 4.78 is 37.2. The van der Waals surface area contributed by atoms with Gasteiger partial charge in [-0.25, -0.2) is 0 Å². The van der Waals surface area contributed by atoms with Crippen molar-refractivity contribution in [2.75, 3.05) is 0 Å². The van der Waals surface area contributed by atoms with Crippen LogP contribution in [-0.4, -0.2) is 9.97 Å². The maximum absolute atomic E-state index is 12.4. The molecular weight excluding hydrogens is 217 g/mol. The minimum atomic E-state index is -4.43. The van der Waals surface area contributed by atoms with E-state index in [1.165, 1.54) is 12.3 Å². The molecule has 82 valence electrons. The minimum absolute atomic E-state index is 0.405. The Bertz CT molecular complexity index is 480. The van der Waals surface area contributed by atoms with Gasteiger partial charge < -0.3 is 0 Å². The van der Waals surface area contributed by atoms with Crippen LogP contribution in [0, 0.1) is 0 Å². The lowest BCUT2D eigenvalue weighted by atomic mass is 10.1. The van der Waals surface area contributed by atoms with E-state index in [-0.39, 0.29) is 0 Å². The van der Waals surface area contributed by atoms with Crippen molar-refractivity contribution in [3.8, 4) is 11.3 Å². The molecule has 16 heavy (non-hydrogen) atoms. The summed E-state index contributed by atoms with van der Waals surface area (Å²) in [6, 6.07) is 7.56. The van der Waals surface area contributed by atoms with Crippen LogP contribution in [0.1, 0.15) is 5.69 Å². The molecule has 0 radical (unpaired) electrons. The fraction of sp³-hybridized carbons (Fsp3) is 0.0909. The van der Waals surface area contributed by atoms with E-state index in [1.54, 1.807) is 18.2 Å². The zero-order valence-electron chi connectivity index (χ0n) is 8.07. The molecule has 2 heterocycles. The van der Waals surface area contributed by atoms with Crippen LogP contribution in [0.5, 0.6) is 0 Å². The molecule has 0 aliphatic rings. The second-order valence-corrected chi connectivity index (χ2v) is 3.14. The lowest BCUT2D eigenvalue weighted by molar-refractivity contribution is -0.141. The Balaban J connectivity index is 2.45. The zero-order chi connectivity index (χ0) is 11.6. The van der Waals surface area contributed by atoms with Crippen LogP contribution in [0.15, 0.2) is 42.7 Å².